The molecule has 1 aromatic carbocycles. The van der Waals surface area contributed by atoms with Crippen molar-refractivity contribution in [1.82, 2.24) is 24.2 Å². The van der Waals surface area contributed by atoms with Crippen LogP contribution in [0.2, 0.25) is 0 Å². The van der Waals surface area contributed by atoms with Gasteiger partial charge >= 0.3 is 5.97 Å². The Kier molecular flexibility index (Phi) is 6.73. The SMILES string of the molecule is CCOC(=O)c1ccc(N2CCN(Cn3nc(-c4ccco4)n(-c4ccccc4)c3=S)CC2)nc1. The van der Waals surface area contributed by atoms with E-state index in [0.717, 1.165) is 37.7 Å². The zero-order chi connectivity index (χ0) is 24.2. The summed E-state index contributed by atoms with van der Waals surface area (Å²) in [6.45, 7) is 5.99. The second-order valence-corrected chi connectivity index (χ2v) is 8.49. The predicted molar refractivity (Wildman–Crippen MR) is 134 cm³/mol. The molecule has 0 atom stereocenters. The Labute approximate surface area is 208 Å². The zero-order valence-corrected chi connectivity index (χ0v) is 20.2. The third kappa shape index (κ3) is 4.89. The quantitative estimate of drug-likeness (QED) is 0.284. The fourth-order valence-electron chi connectivity index (χ4n) is 4.09. The summed E-state index contributed by atoms with van der Waals surface area (Å²) in [7, 11) is 0. The lowest BCUT2D eigenvalue weighted by atomic mass is 10.2. The van der Waals surface area contributed by atoms with Crippen molar-refractivity contribution in [2.24, 2.45) is 0 Å². The molecular weight excluding hydrogens is 464 g/mol. The number of carbonyl (C=O) groups is 1. The minimum atomic E-state index is -0.350. The number of aromatic nitrogens is 4. The van der Waals surface area contributed by atoms with E-state index in [0.29, 0.717) is 35.2 Å². The minimum Gasteiger partial charge on any atom is -0.462 e. The van der Waals surface area contributed by atoms with Gasteiger partial charge in [0, 0.05) is 32.4 Å². The molecule has 0 aliphatic carbocycles. The van der Waals surface area contributed by atoms with E-state index in [2.05, 4.69) is 14.8 Å². The van der Waals surface area contributed by atoms with Crippen LogP contribution in [0.1, 0.15) is 17.3 Å². The molecule has 0 spiro atoms. The third-order valence-electron chi connectivity index (χ3n) is 5.88. The average molecular weight is 491 g/mol. The number of hydrogen-bond acceptors (Lipinski definition) is 8. The zero-order valence-electron chi connectivity index (χ0n) is 19.4. The van der Waals surface area contributed by atoms with Gasteiger partial charge in [-0.25, -0.2) is 14.5 Å². The highest BCUT2D eigenvalue weighted by Gasteiger charge is 2.22. The largest absolute Gasteiger partial charge is 0.462 e. The highest BCUT2D eigenvalue weighted by Crippen LogP contribution is 2.23. The summed E-state index contributed by atoms with van der Waals surface area (Å²) in [6.07, 6.45) is 3.21. The number of para-hydroxylation sites is 1. The number of ether oxygens (including phenoxy) is 1. The standard InChI is InChI=1S/C25H26N6O3S/c1-2-33-24(32)19-10-11-22(26-17-19)29-14-12-28(13-15-29)18-30-25(35)31(20-7-4-3-5-8-20)23(27-30)21-9-6-16-34-21/h3-11,16-17H,2,12-15,18H2,1H3. The molecule has 4 heterocycles. The van der Waals surface area contributed by atoms with Crippen LogP contribution in [-0.4, -0.2) is 63.0 Å². The lowest BCUT2D eigenvalue weighted by Gasteiger charge is -2.35. The van der Waals surface area contributed by atoms with Crippen LogP contribution in [0.3, 0.4) is 0 Å². The highest BCUT2D eigenvalue weighted by atomic mass is 32.1. The maximum atomic E-state index is 11.9. The number of piperazine rings is 1. The van der Waals surface area contributed by atoms with Crippen LogP contribution in [0.25, 0.3) is 17.3 Å². The van der Waals surface area contributed by atoms with Gasteiger partial charge < -0.3 is 14.1 Å². The Morgan fingerprint density at radius 3 is 2.51 bits per heavy atom. The molecule has 0 radical (unpaired) electrons. The first-order chi connectivity index (χ1) is 17.1. The van der Waals surface area contributed by atoms with Crippen molar-refractivity contribution in [3.05, 3.63) is 77.4 Å². The van der Waals surface area contributed by atoms with Crippen molar-refractivity contribution < 1.29 is 13.9 Å². The molecule has 35 heavy (non-hydrogen) atoms. The first-order valence-electron chi connectivity index (χ1n) is 11.5. The number of pyridine rings is 1. The number of carbonyl (C=O) groups excluding carboxylic acids is 1. The lowest BCUT2D eigenvalue weighted by Crippen LogP contribution is -2.47. The van der Waals surface area contributed by atoms with Crippen LogP contribution in [-0.2, 0) is 11.4 Å². The maximum absolute atomic E-state index is 11.9. The summed E-state index contributed by atoms with van der Waals surface area (Å²) in [4.78, 5) is 20.8. The monoisotopic (exact) mass is 490 g/mol. The Morgan fingerprint density at radius 2 is 1.86 bits per heavy atom. The van der Waals surface area contributed by atoms with Gasteiger partial charge in [-0.05, 0) is 55.5 Å². The van der Waals surface area contributed by atoms with Crippen LogP contribution in [0.5, 0.6) is 0 Å². The van der Waals surface area contributed by atoms with Crippen LogP contribution in [0.4, 0.5) is 5.82 Å². The molecule has 0 saturated carbocycles. The van der Waals surface area contributed by atoms with E-state index in [4.69, 9.17) is 26.5 Å². The van der Waals surface area contributed by atoms with Gasteiger partial charge in [-0.2, -0.15) is 0 Å². The van der Waals surface area contributed by atoms with E-state index < -0.39 is 0 Å². The first-order valence-corrected chi connectivity index (χ1v) is 11.9. The summed E-state index contributed by atoms with van der Waals surface area (Å²) in [5, 5.41) is 4.81. The van der Waals surface area contributed by atoms with E-state index >= 15 is 0 Å². The molecule has 0 amide bonds. The molecule has 4 aromatic rings. The average Bonchev–Trinajstić information content (AvgIpc) is 3.54. The summed E-state index contributed by atoms with van der Waals surface area (Å²) in [6, 6.07) is 17.3. The molecule has 180 valence electrons. The van der Waals surface area contributed by atoms with Gasteiger partial charge in [0.15, 0.2) is 5.76 Å². The normalized spacial score (nSPS) is 14.3. The van der Waals surface area contributed by atoms with Crippen LogP contribution >= 0.6 is 12.2 Å². The molecule has 5 rings (SSSR count). The van der Waals surface area contributed by atoms with Crippen molar-refractivity contribution in [2.75, 3.05) is 37.7 Å². The number of esters is 1. The topological polar surface area (TPSA) is 81.6 Å². The number of furan rings is 1. The second kappa shape index (κ2) is 10.2. The molecule has 1 aliphatic rings. The number of anilines is 1. The van der Waals surface area contributed by atoms with E-state index in [9.17, 15) is 4.79 Å². The van der Waals surface area contributed by atoms with Crippen molar-refractivity contribution >= 4 is 24.0 Å². The molecule has 0 unspecified atom stereocenters. The van der Waals surface area contributed by atoms with Crippen LogP contribution < -0.4 is 4.90 Å². The third-order valence-corrected chi connectivity index (χ3v) is 6.28. The fourth-order valence-corrected chi connectivity index (χ4v) is 4.38. The second-order valence-electron chi connectivity index (χ2n) is 8.13. The Bertz CT molecular complexity index is 1320. The smallest absolute Gasteiger partial charge is 0.339 e. The Balaban J connectivity index is 1.29. The summed E-state index contributed by atoms with van der Waals surface area (Å²) < 4.78 is 15.1. The fraction of sp³-hybridized carbons (Fsp3) is 0.280. The van der Waals surface area contributed by atoms with Gasteiger partial charge in [0.2, 0.25) is 10.6 Å². The molecule has 1 saturated heterocycles. The highest BCUT2D eigenvalue weighted by molar-refractivity contribution is 7.71. The molecule has 0 N–H and O–H groups in total. The van der Waals surface area contributed by atoms with Crippen molar-refractivity contribution in [3.8, 4) is 17.3 Å². The molecular formula is C25H26N6O3S. The van der Waals surface area contributed by atoms with E-state index in [1.54, 1.807) is 25.5 Å². The summed E-state index contributed by atoms with van der Waals surface area (Å²) in [5.41, 5.74) is 1.40. The predicted octanol–water partition coefficient (Wildman–Crippen LogP) is 4.01. The Hall–Kier alpha value is -3.76. The van der Waals surface area contributed by atoms with Crippen LogP contribution in [0, 0.1) is 4.77 Å². The van der Waals surface area contributed by atoms with E-state index in [1.165, 1.54) is 0 Å². The lowest BCUT2D eigenvalue weighted by molar-refractivity contribution is 0.0526. The molecule has 0 bridgehead atoms. The van der Waals surface area contributed by atoms with Crippen molar-refractivity contribution in [2.45, 2.75) is 13.6 Å². The minimum absolute atomic E-state index is 0.346. The number of hydrogen-bond donors (Lipinski definition) is 0. The number of rotatable bonds is 7. The molecule has 3 aromatic heterocycles. The maximum Gasteiger partial charge on any atom is 0.339 e. The molecule has 1 aliphatic heterocycles. The van der Waals surface area contributed by atoms with Gasteiger partial charge in [-0.1, -0.05) is 18.2 Å². The number of benzene rings is 1. The molecule has 9 nitrogen and oxygen atoms in total. The molecule has 10 heteroatoms. The Morgan fingerprint density at radius 1 is 1.06 bits per heavy atom. The number of nitrogens with zero attached hydrogens (tertiary/aromatic N) is 6. The van der Waals surface area contributed by atoms with E-state index in [-0.39, 0.29) is 5.97 Å². The van der Waals surface area contributed by atoms with Gasteiger partial charge in [0.05, 0.1) is 30.8 Å². The van der Waals surface area contributed by atoms with Crippen molar-refractivity contribution in [3.63, 3.8) is 0 Å². The van der Waals surface area contributed by atoms with Gasteiger partial charge in [0.25, 0.3) is 0 Å². The molecule has 1 fully saturated rings. The van der Waals surface area contributed by atoms with Gasteiger partial charge in [0.1, 0.15) is 5.82 Å². The van der Waals surface area contributed by atoms with Crippen LogP contribution in [0.15, 0.2) is 71.5 Å². The van der Waals surface area contributed by atoms with Gasteiger partial charge in [-0.15, -0.1) is 5.10 Å². The summed E-state index contributed by atoms with van der Waals surface area (Å²) in [5.74, 6) is 1.84. The first kappa shape index (κ1) is 23.0. The van der Waals surface area contributed by atoms with E-state index in [1.807, 2.05) is 57.8 Å². The van der Waals surface area contributed by atoms with Gasteiger partial charge in [-0.3, -0.25) is 9.47 Å². The van der Waals surface area contributed by atoms with Crippen molar-refractivity contribution in [1.29, 1.82) is 0 Å². The summed E-state index contributed by atoms with van der Waals surface area (Å²) >= 11 is 5.83.